The topological polar surface area (TPSA) is 91.6 Å². The summed E-state index contributed by atoms with van der Waals surface area (Å²) in [5.74, 6) is -1.73. The van der Waals surface area contributed by atoms with Crippen molar-refractivity contribution in [3.63, 3.8) is 0 Å². The van der Waals surface area contributed by atoms with Crippen LogP contribution in [0.15, 0.2) is 16.7 Å². The van der Waals surface area contributed by atoms with Gasteiger partial charge in [-0.15, -0.1) is 0 Å². The quantitative estimate of drug-likeness (QED) is 0.787. The molecular formula is C13H18BrN3O4. The summed E-state index contributed by atoms with van der Waals surface area (Å²) in [5, 5.41) is 11.7. The second kappa shape index (κ2) is 7.26. The van der Waals surface area contributed by atoms with E-state index in [2.05, 4.69) is 21.2 Å². The summed E-state index contributed by atoms with van der Waals surface area (Å²) < 4.78 is 2.35. The molecule has 0 bridgehead atoms. The van der Waals surface area contributed by atoms with Crippen molar-refractivity contribution < 1.29 is 19.5 Å². The highest BCUT2D eigenvalue weighted by Gasteiger charge is 2.27. The van der Waals surface area contributed by atoms with Crippen molar-refractivity contribution in [1.29, 1.82) is 0 Å². The van der Waals surface area contributed by atoms with E-state index in [1.165, 1.54) is 18.7 Å². The van der Waals surface area contributed by atoms with Crippen LogP contribution in [-0.2, 0) is 16.6 Å². The van der Waals surface area contributed by atoms with Crippen LogP contribution < -0.4 is 5.32 Å². The minimum atomic E-state index is -1.10. The summed E-state index contributed by atoms with van der Waals surface area (Å²) in [7, 11) is 1.70. The van der Waals surface area contributed by atoms with Crippen molar-refractivity contribution in [3.05, 3.63) is 22.4 Å². The fourth-order valence-electron chi connectivity index (χ4n) is 1.84. The number of amides is 2. The van der Waals surface area contributed by atoms with E-state index in [1.807, 2.05) is 0 Å². The van der Waals surface area contributed by atoms with Crippen molar-refractivity contribution in [2.75, 3.05) is 13.1 Å². The van der Waals surface area contributed by atoms with Crippen molar-refractivity contribution in [3.8, 4) is 0 Å². The predicted molar refractivity (Wildman–Crippen MR) is 79.9 cm³/mol. The van der Waals surface area contributed by atoms with Crippen LogP contribution in [0.4, 0.5) is 0 Å². The van der Waals surface area contributed by atoms with Crippen LogP contribution >= 0.6 is 15.9 Å². The number of carboxylic acids is 1. The van der Waals surface area contributed by atoms with Crippen LogP contribution in [0.5, 0.6) is 0 Å². The third kappa shape index (κ3) is 4.59. The van der Waals surface area contributed by atoms with Crippen molar-refractivity contribution >= 4 is 33.7 Å². The second-order valence-corrected chi connectivity index (χ2v) is 5.57. The Morgan fingerprint density at radius 3 is 2.52 bits per heavy atom. The molecule has 1 aromatic rings. The molecule has 116 valence electrons. The van der Waals surface area contributed by atoms with Gasteiger partial charge in [0, 0.05) is 37.7 Å². The number of nitrogens with one attached hydrogen (secondary N) is 1. The van der Waals surface area contributed by atoms with E-state index in [4.69, 9.17) is 5.11 Å². The van der Waals surface area contributed by atoms with Crippen molar-refractivity contribution in [1.82, 2.24) is 14.8 Å². The Hall–Kier alpha value is -1.83. The van der Waals surface area contributed by atoms with Gasteiger partial charge >= 0.3 is 5.97 Å². The number of carbonyl (C=O) groups is 3. The molecule has 2 amide bonds. The van der Waals surface area contributed by atoms with E-state index in [0.29, 0.717) is 5.69 Å². The first-order valence-corrected chi connectivity index (χ1v) is 7.13. The van der Waals surface area contributed by atoms with Crippen LogP contribution in [0, 0.1) is 0 Å². The fraction of sp³-hybridized carbons (Fsp3) is 0.462. The predicted octanol–water partition coefficient (Wildman–Crippen LogP) is 0.839. The highest BCUT2D eigenvalue weighted by Crippen LogP contribution is 2.16. The van der Waals surface area contributed by atoms with Crippen LogP contribution in [-0.4, -0.2) is 51.5 Å². The van der Waals surface area contributed by atoms with Gasteiger partial charge in [-0.25, -0.2) is 4.79 Å². The Balaban J connectivity index is 2.94. The van der Waals surface area contributed by atoms with Gasteiger partial charge in [0.05, 0.1) is 0 Å². The molecule has 1 rings (SSSR count). The van der Waals surface area contributed by atoms with E-state index in [0.717, 1.165) is 4.47 Å². The summed E-state index contributed by atoms with van der Waals surface area (Å²) in [6.45, 7) is 3.12. The van der Waals surface area contributed by atoms with E-state index in [1.54, 1.807) is 23.9 Å². The van der Waals surface area contributed by atoms with Crippen molar-refractivity contribution in [2.45, 2.75) is 19.9 Å². The molecular weight excluding hydrogens is 342 g/mol. The number of aryl methyl sites for hydroxylation is 1. The smallest absolute Gasteiger partial charge is 0.326 e. The minimum Gasteiger partial charge on any atom is -0.480 e. The van der Waals surface area contributed by atoms with Crippen LogP contribution in [0.25, 0.3) is 0 Å². The zero-order chi connectivity index (χ0) is 16.2. The Kier molecular flexibility index (Phi) is 5.95. The van der Waals surface area contributed by atoms with E-state index in [-0.39, 0.29) is 19.0 Å². The average Bonchev–Trinajstić information content (AvgIpc) is 2.72. The number of carbonyl (C=O) groups excluding carboxylic acids is 2. The average molecular weight is 360 g/mol. The first-order chi connectivity index (χ1) is 9.73. The van der Waals surface area contributed by atoms with Gasteiger partial charge in [-0.05, 0) is 28.9 Å². The zero-order valence-corrected chi connectivity index (χ0v) is 13.7. The van der Waals surface area contributed by atoms with Gasteiger partial charge in [0.25, 0.3) is 5.91 Å². The largest absolute Gasteiger partial charge is 0.480 e. The number of nitrogens with zero attached hydrogens (tertiary/aromatic N) is 2. The number of halogens is 1. The standard InChI is InChI=1S/C13H18BrN3O4/c1-8(13(20)21)17(5-4-15-9(2)18)12(19)11-6-10(14)7-16(11)3/h6-8H,4-5H2,1-3H3,(H,15,18)(H,20,21). The maximum absolute atomic E-state index is 12.5. The molecule has 1 aromatic heterocycles. The van der Waals surface area contributed by atoms with Crippen LogP contribution in [0.2, 0.25) is 0 Å². The third-order valence-electron chi connectivity index (χ3n) is 3.00. The molecule has 1 heterocycles. The van der Waals surface area contributed by atoms with E-state index >= 15 is 0 Å². The minimum absolute atomic E-state index is 0.120. The van der Waals surface area contributed by atoms with Gasteiger partial charge in [-0.1, -0.05) is 0 Å². The van der Waals surface area contributed by atoms with E-state index in [9.17, 15) is 14.4 Å². The van der Waals surface area contributed by atoms with Gasteiger partial charge in [0.15, 0.2) is 0 Å². The van der Waals surface area contributed by atoms with Gasteiger partial charge in [0.1, 0.15) is 11.7 Å². The van der Waals surface area contributed by atoms with Gasteiger partial charge in [0.2, 0.25) is 5.91 Å². The monoisotopic (exact) mass is 359 g/mol. The van der Waals surface area contributed by atoms with Gasteiger partial charge in [-0.2, -0.15) is 0 Å². The lowest BCUT2D eigenvalue weighted by Gasteiger charge is -2.26. The molecule has 0 saturated carbocycles. The van der Waals surface area contributed by atoms with Crippen LogP contribution in [0.3, 0.4) is 0 Å². The fourth-order valence-corrected chi connectivity index (χ4v) is 2.36. The molecule has 0 aliphatic rings. The molecule has 0 aromatic carbocycles. The first-order valence-electron chi connectivity index (χ1n) is 6.34. The molecule has 21 heavy (non-hydrogen) atoms. The lowest BCUT2D eigenvalue weighted by atomic mass is 10.2. The molecule has 0 radical (unpaired) electrons. The molecule has 8 heteroatoms. The first kappa shape index (κ1) is 17.2. The van der Waals surface area contributed by atoms with Gasteiger partial charge in [-0.3, -0.25) is 9.59 Å². The Morgan fingerprint density at radius 1 is 1.48 bits per heavy atom. The number of rotatable bonds is 6. The number of carboxylic acid groups (broad SMARTS) is 1. The zero-order valence-electron chi connectivity index (χ0n) is 12.1. The number of hydrogen-bond acceptors (Lipinski definition) is 3. The van der Waals surface area contributed by atoms with Gasteiger partial charge < -0.3 is 19.9 Å². The summed E-state index contributed by atoms with van der Waals surface area (Å²) in [4.78, 5) is 35.8. The molecule has 1 atom stereocenters. The Labute approximate surface area is 131 Å². The summed E-state index contributed by atoms with van der Waals surface area (Å²) in [6.07, 6.45) is 1.71. The third-order valence-corrected chi connectivity index (χ3v) is 3.44. The Bertz CT molecular complexity index is 556. The number of aromatic nitrogens is 1. The Morgan fingerprint density at radius 2 is 2.10 bits per heavy atom. The summed E-state index contributed by atoms with van der Waals surface area (Å²) >= 11 is 3.27. The van der Waals surface area contributed by atoms with Crippen molar-refractivity contribution in [2.24, 2.45) is 7.05 Å². The normalized spacial score (nSPS) is 11.8. The lowest BCUT2D eigenvalue weighted by molar-refractivity contribution is -0.141. The highest BCUT2D eigenvalue weighted by atomic mass is 79.9. The molecule has 2 N–H and O–H groups in total. The number of aliphatic carboxylic acids is 1. The molecule has 0 spiro atoms. The van der Waals surface area contributed by atoms with Crippen LogP contribution in [0.1, 0.15) is 24.3 Å². The second-order valence-electron chi connectivity index (χ2n) is 4.65. The lowest BCUT2D eigenvalue weighted by Crippen LogP contribution is -2.47. The van der Waals surface area contributed by atoms with E-state index < -0.39 is 17.9 Å². The summed E-state index contributed by atoms with van der Waals surface area (Å²) in [6, 6.07) is 0.641. The molecule has 0 aliphatic carbocycles. The molecule has 1 unspecified atom stereocenters. The number of hydrogen-bond donors (Lipinski definition) is 2. The molecule has 7 nitrogen and oxygen atoms in total. The summed E-state index contributed by atoms with van der Waals surface area (Å²) in [5.41, 5.74) is 0.373. The SMILES string of the molecule is CC(=O)NCCN(C(=O)c1cc(Br)cn1C)C(C)C(=O)O. The maximum Gasteiger partial charge on any atom is 0.326 e. The maximum atomic E-state index is 12.5. The molecule has 0 aliphatic heterocycles. The molecule has 0 saturated heterocycles. The molecule has 0 fully saturated rings. The highest BCUT2D eigenvalue weighted by molar-refractivity contribution is 9.10.